The van der Waals surface area contributed by atoms with Crippen LogP contribution in [0.2, 0.25) is 0 Å². The predicted octanol–water partition coefficient (Wildman–Crippen LogP) is 3.27. The van der Waals surface area contributed by atoms with E-state index in [9.17, 15) is 10.1 Å². The summed E-state index contributed by atoms with van der Waals surface area (Å²) < 4.78 is 10.6. The van der Waals surface area contributed by atoms with Gasteiger partial charge in [0.2, 0.25) is 0 Å². The van der Waals surface area contributed by atoms with Gasteiger partial charge in [0.25, 0.3) is 0 Å². The molecule has 1 aromatic heterocycles. The number of nitriles is 1. The van der Waals surface area contributed by atoms with Gasteiger partial charge in [-0.2, -0.15) is 5.26 Å². The highest BCUT2D eigenvalue weighted by Gasteiger charge is 2.16. The molecule has 36 heavy (non-hydrogen) atoms. The van der Waals surface area contributed by atoms with Crippen molar-refractivity contribution in [2.45, 2.75) is 6.54 Å². The maximum Gasteiger partial charge on any atom is 0.409 e. The Labute approximate surface area is 206 Å². The molecule has 0 aliphatic rings. The number of aromatic nitrogens is 1. The number of carboxylic acid groups (broad SMARTS) is 2. The van der Waals surface area contributed by atoms with E-state index in [4.69, 9.17) is 30.2 Å². The van der Waals surface area contributed by atoms with Gasteiger partial charge in [0.15, 0.2) is 6.79 Å². The molecule has 0 aliphatic heterocycles. The number of aliphatic imine (C=N–C) groups is 1. The Morgan fingerprint density at radius 3 is 2.56 bits per heavy atom. The summed E-state index contributed by atoms with van der Waals surface area (Å²) in [5, 5.41) is 27.6. The van der Waals surface area contributed by atoms with E-state index >= 15 is 0 Å². The van der Waals surface area contributed by atoms with Crippen molar-refractivity contribution in [2.24, 2.45) is 10.7 Å². The second-order valence-electron chi connectivity index (χ2n) is 6.93. The van der Waals surface area contributed by atoms with Crippen LogP contribution >= 0.6 is 0 Å². The van der Waals surface area contributed by atoms with Crippen LogP contribution in [-0.2, 0) is 11.3 Å². The summed E-state index contributed by atoms with van der Waals surface area (Å²) in [6, 6.07) is 18.7. The van der Waals surface area contributed by atoms with Crippen molar-refractivity contribution in [2.75, 3.05) is 19.6 Å². The number of nitrogen functional groups attached to an aromatic ring is 1. The molecule has 12 heteroatoms. The lowest BCUT2D eigenvalue weighted by Crippen LogP contribution is -2.18. The lowest BCUT2D eigenvalue weighted by atomic mass is 9.97. The zero-order chi connectivity index (χ0) is 26.5. The van der Waals surface area contributed by atoms with Gasteiger partial charge in [0.1, 0.15) is 23.2 Å². The molecule has 0 atom stereocenters. The van der Waals surface area contributed by atoms with Gasteiger partial charge in [-0.05, 0) is 35.4 Å². The van der Waals surface area contributed by atoms with E-state index in [2.05, 4.69) is 27.1 Å². The summed E-state index contributed by atoms with van der Waals surface area (Å²) in [6.07, 6.45) is -1.40. The van der Waals surface area contributed by atoms with Crippen LogP contribution in [0.25, 0.3) is 22.4 Å². The number of carbonyl (C=O) groups is 2. The molecule has 7 N–H and O–H groups in total. The van der Waals surface area contributed by atoms with Crippen molar-refractivity contribution < 1.29 is 29.3 Å². The molecule has 0 fully saturated rings. The second-order valence-corrected chi connectivity index (χ2v) is 6.93. The molecule has 0 aliphatic carbocycles. The fraction of sp³-hybridized carbons (Fsp3) is 0.125. The fourth-order valence-electron chi connectivity index (χ4n) is 3.06. The summed E-state index contributed by atoms with van der Waals surface area (Å²) in [7, 11) is 1.54. The Morgan fingerprint density at radius 2 is 1.89 bits per heavy atom. The minimum absolute atomic E-state index is 0.0783. The van der Waals surface area contributed by atoms with Gasteiger partial charge in [0.05, 0.1) is 18.6 Å². The fourth-order valence-corrected chi connectivity index (χ4v) is 3.06. The smallest absolute Gasteiger partial charge is 0.409 e. The van der Waals surface area contributed by atoms with Crippen LogP contribution in [0.3, 0.4) is 0 Å². The van der Waals surface area contributed by atoms with Gasteiger partial charge in [-0.3, -0.25) is 10.3 Å². The highest BCUT2D eigenvalue weighted by atomic mass is 16.7. The highest BCUT2D eigenvalue weighted by Crippen LogP contribution is 2.35. The lowest BCUT2D eigenvalue weighted by molar-refractivity contribution is 0.0515. The number of nitrogens with two attached hydrogens (primary N) is 2. The Hall–Kier alpha value is -5.15. The first kappa shape index (κ1) is 27.1. The number of methoxy groups -OCH3 is 1. The predicted molar refractivity (Wildman–Crippen MR) is 132 cm³/mol. The van der Waals surface area contributed by atoms with Crippen LogP contribution in [0.4, 0.5) is 15.4 Å². The Morgan fingerprint density at radius 1 is 1.17 bits per heavy atom. The number of amides is 2. The summed E-state index contributed by atoms with van der Waals surface area (Å²) in [5.41, 5.74) is 13.9. The maximum atomic E-state index is 10.5. The van der Waals surface area contributed by atoms with Crippen LogP contribution in [0, 0.1) is 11.3 Å². The molecule has 12 nitrogen and oxygen atoms in total. The van der Waals surface area contributed by atoms with Crippen LogP contribution in [0.15, 0.2) is 59.6 Å². The zero-order valence-corrected chi connectivity index (χ0v) is 19.2. The average Bonchev–Trinajstić information content (AvgIpc) is 2.85. The van der Waals surface area contributed by atoms with Gasteiger partial charge >= 0.3 is 12.2 Å². The summed E-state index contributed by atoms with van der Waals surface area (Å²) in [4.78, 5) is 27.7. The summed E-state index contributed by atoms with van der Waals surface area (Å²) in [6.45, 7) is 0.339. The topological polar surface area (TPSA) is 206 Å². The average molecular weight is 492 g/mol. The van der Waals surface area contributed by atoms with E-state index in [-0.39, 0.29) is 24.7 Å². The van der Waals surface area contributed by atoms with Gasteiger partial charge in [0, 0.05) is 18.2 Å². The number of ether oxygens (including phenoxy) is 2. The van der Waals surface area contributed by atoms with Gasteiger partial charge in [-0.1, -0.05) is 30.3 Å². The normalized spacial score (nSPS) is 10.1. The van der Waals surface area contributed by atoms with Crippen molar-refractivity contribution in [3.8, 4) is 34.2 Å². The molecule has 0 saturated carbocycles. The van der Waals surface area contributed by atoms with Crippen LogP contribution in [0.5, 0.6) is 5.75 Å². The molecule has 0 saturated heterocycles. The lowest BCUT2D eigenvalue weighted by Gasteiger charge is -2.14. The zero-order valence-electron chi connectivity index (χ0n) is 19.2. The van der Waals surface area contributed by atoms with Crippen molar-refractivity contribution in [3.63, 3.8) is 0 Å². The first-order valence-corrected chi connectivity index (χ1v) is 10.2. The largest absolute Gasteiger partial charge is 0.467 e. The number of pyridine rings is 1. The molecular weight excluding hydrogens is 468 g/mol. The van der Waals surface area contributed by atoms with Crippen molar-refractivity contribution in [1.29, 1.82) is 5.26 Å². The summed E-state index contributed by atoms with van der Waals surface area (Å²) in [5.74, 6) is 0.682. The van der Waals surface area contributed by atoms with E-state index in [1.807, 2.05) is 42.5 Å². The molecule has 186 valence electrons. The molecule has 0 spiro atoms. The third-order valence-electron chi connectivity index (χ3n) is 4.45. The molecule has 3 aromatic rings. The van der Waals surface area contributed by atoms with Crippen molar-refractivity contribution >= 4 is 24.3 Å². The molecule has 0 bridgehead atoms. The third-order valence-corrected chi connectivity index (χ3v) is 4.45. The second kappa shape index (κ2) is 13.5. The molecule has 0 radical (unpaired) electrons. The minimum Gasteiger partial charge on any atom is -0.467 e. The van der Waals surface area contributed by atoms with Crippen LogP contribution in [-0.4, -0.2) is 47.6 Å². The summed E-state index contributed by atoms with van der Waals surface area (Å²) >= 11 is 0. The number of para-hydroxylation sites is 1. The quantitative estimate of drug-likeness (QED) is 0.177. The Bertz CT molecular complexity index is 1280. The Balaban J connectivity index is 0.00000106. The number of nitrogens with zero attached hydrogens (tertiary/aromatic N) is 3. The SMILES string of the molecule is COCOc1ccccc1-c1cc(-c2cccc(CN=CNC(=O)O)c2)c(C#N)c(N)n1.NC(=O)O. The first-order chi connectivity index (χ1) is 17.3. The standard InChI is InChI=1S/C23H21N5O4.CH3NO2/c1-31-14-32-21-8-3-2-7-17(21)20-10-18(19(11-24)22(25)28-20)16-6-4-5-15(9-16)12-26-13-27-23(29)30;2-1(3)4/h2-10,13H,12,14H2,1H3,(H2,25,28)(H,26,27)(H,29,30);2H2,(H,3,4). The number of benzene rings is 2. The number of hydrogen-bond donors (Lipinski definition) is 5. The maximum absolute atomic E-state index is 10.5. The van der Waals surface area contributed by atoms with Crippen molar-refractivity contribution in [3.05, 3.63) is 65.7 Å². The van der Waals surface area contributed by atoms with E-state index in [0.717, 1.165) is 17.5 Å². The molecule has 2 aromatic carbocycles. The highest BCUT2D eigenvalue weighted by molar-refractivity contribution is 5.82. The number of anilines is 1. The van der Waals surface area contributed by atoms with Gasteiger partial charge in [-0.25, -0.2) is 14.6 Å². The molecule has 3 rings (SSSR count). The number of hydrogen-bond acceptors (Lipinski definition) is 8. The number of primary amides is 1. The van der Waals surface area contributed by atoms with Gasteiger partial charge < -0.3 is 31.2 Å². The van der Waals surface area contributed by atoms with E-state index in [1.165, 1.54) is 7.11 Å². The van der Waals surface area contributed by atoms with E-state index in [0.29, 0.717) is 22.6 Å². The molecule has 1 heterocycles. The monoisotopic (exact) mass is 492 g/mol. The van der Waals surface area contributed by atoms with Gasteiger partial charge in [-0.15, -0.1) is 0 Å². The van der Waals surface area contributed by atoms with Crippen molar-refractivity contribution in [1.82, 2.24) is 10.3 Å². The first-order valence-electron chi connectivity index (χ1n) is 10.2. The van der Waals surface area contributed by atoms with E-state index < -0.39 is 12.2 Å². The molecular formula is C24H24N6O6. The Kier molecular flexibility index (Phi) is 10.2. The number of nitrogens with one attached hydrogen (secondary N) is 1. The molecule has 2 amide bonds. The third kappa shape index (κ3) is 8.01. The minimum atomic E-state index is -1.33. The number of rotatable bonds is 8. The van der Waals surface area contributed by atoms with Crippen LogP contribution < -0.4 is 21.5 Å². The van der Waals surface area contributed by atoms with E-state index in [1.54, 1.807) is 12.1 Å². The van der Waals surface area contributed by atoms with Crippen LogP contribution in [0.1, 0.15) is 11.1 Å². The molecule has 0 unspecified atom stereocenters.